The molecule has 0 amide bonds. The third kappa shape index (κ3) is 5.05. The average molecular weight is 429 g/mol. The average Bonchev–Trinajstić information content (AvgIpc) is 2.98. The molecule has 0 saturated carbocycles. The molecule has 27 heavy (non-hydrogen) atoms. The SMILES string of the molecule is C\C=C/C(=C\C=C\c1c(C#N)c2ccc(OC)cc2n1CCC)OCCBr. The summed E-state index contributed by atoms with van der Waals surface area (Å²) in [6, 6.07) is 8.21. The first-order valence-electron chi connectivity index (χ1n) is 9.00. The fourth-order valence-electron chi connectivity index (χ4n) is 2.94. The molecule has 1 aromatic heterocycles. The highest BCUT2D eigenvalue weighted by Gasteiger charge is 2.15. The van der Waals surface area contributed by atoms with Gasteiger partial charge in [-0.3, -0.25) is 0 Å². The number of halogens is 1. The number of allylic oxidation sites excluding steroid dienone is 4. The third-order valence-corrected chi connectivity index (χ3v) is 4.39. The van der Waals surface area contributed by atoms with E-state index in [-0.39, 0.29) is 0 Å². The van der Waals surface area contributed by atoms with Crippen LogP contribution >= 0.6 is 15.9 Å². The topological polar surface area (TPSA) is 47.2 Å². The van der Waals surface area contributed by atoms with Gasteiger partial charge in [-0.25, -0.2) is 0 Å². The van der Waals surface area contributed by atoms with Crippen LogP contribution in [0.5, 0.6) is 5.75 Å². The number of hydrogen-bond donors (Lipinski definition) is 0. The van der Waals surface area contributed by atoms with Crippen LogP contribution in [0.15, 0.2) is 48.3 Å². The Morgan fingerprint density at radius 2 is 2.19 bits per heavy atom. The summed E-state index contributed by atoms with van der Waals surface area (Å²) in [6.07, 6.45) is 10.7. The van der Waals surface area contributed by atoms with Crippen molar-refractivity contribution in [2.75, 3.05) is 19.0 Å². The molecule has 0 radical (unpaired) electrons. The van der Waals surface area contributed by atoms with Crippen LogP contribution in [-0.4, -0.2) is 23.6 Å². The Labute approximate surface area is 169 Å². The molecule has 0 unspecified atom stereocenters. The lowest BCUT2D eigenvalue weighted by atomic mass is 10.1. The summed E-state index contributed by atoms with van der Waals surface area (Å²) in [6.45, 7) is 5.51. The Bertz CT molecular complexity index is 901. The number of fused-ring (bicyclic) bond motifs is 1. The largest absolute Gasteiger partial charge is 0.497 e. The van der Waals surface area contributed by atoms with Crippen molar-refractivity contribution in [3.05, 3.63) is 59.5 Å². The van der Waals surface area contributed by atoms with Crippen LogP contribution in [0.25, 0.3) is 17.0 Å². The number of methoxy groups -OCH3 is 1. The van der Waals surface area contributed by atoms with Gasteiger partial charge < -0.3 is 14.0 Å². The van der Waals surface area contributed by atoms with Gasteiger partial charge in [-0.2, -0.15) is 5.26 Å². The molecule has 0 aliphatic heterocycles. The van der Waals surface area contributed by atoms with Gasteiger partial charge in [-0.1, -0.05) is 35.0 Å². The van der Waals surface area contributed by atoms with E-state index in [9.17, 15) is 5.26 Å². The van der Waals surface area contributed by atoms with Crippen LogP contribution in [0, 0.1) is 11.3 Å². The number of benzene rings is 1. The molecular weight excluding hydrogens is 404 g/mol. The number of alkyl halides is 1. The van der Waals surface area contributed by atoms with Crippen LogP contribution in [0.3, 0.4) is 0 Å². The number of aromatic nitrogens is 1. The lowest BCUT2D eigenvalue weighted by molar-refractivity contribution is 0.246. The first-order valence-corrected chi connectivity index (χ1v) is 10.1. The molecule has 0 aliphatic carbocycles. The van der Waals surface area contributed by atoms with Gasteiger partial charge in [-0.05, 0) is 43.7 Å². The molecule has 0 bridgehead atoms. The molecular formula is C22H25BrN2O2. The predicted octanol–water partition coefficient (Wildman–Crippen LogP) is 5.82. The van der Waals surface area contributed by atoms with Gasteiger partial charge in [0.05, 0.1) is 30.5 Å². The van der Waals surface area contributed by atoms with Crippen LogP contribution in [0.1, 0.15) is 31.5 Å². The first kappa shape index (κ1) is 20.9. The fourth-order valence-corrected chi connectivity index (χ4v) is 3.10. The molecule has 2 rings (SSSR count). The highest BCUT2D eigenvalue weighted by atomic mass is 79.9. The molecule has 142 valence electrons. The molecule has 5 heteroatoms. The Balaban J connectivity index is 2.52. The molecule has 0 atom stereocenters. The zero-order valence-corrected chi connectivity index (χ0v) is 17.6. The maximum atomic E-state index is 9.75. The van der Waals surface area contributed by atoms with Crippen LogP contribution in [-0.2, 0) is 11.3 Å². The molecule has 4 nitrogen and oxygen atoms in total. The molecule has 1 aromatic carbocycles. The predicted molar refractivity (Wildman–Crippen MR) is 115 cm³/mol. The lowest BCUT2D eigenvalue weighted by Gasteiger charge is -2.07. The van der Waals surface area contributed by atoms with Gasteiger partial charge in [0.15, 0.2) is 0 Å². The van der Waals surface area contributed by atoms with Gasteiger partial charge in [0.1, 0.15) is 17.6 Å². The van der Waals surface area contributed by atoms with Gasteiger partial charge in [-0.15, -0.1) is 0 Å². The highest BCUT2D eigenvalue weighted by molar-refractivity contribution is 9.09. The van der Waals surface area contributed by atoms with Crippen molar-refractivity contribution < 1.29 is 9.47 Å². The second-order valence-electron chi connectivity index (χ2n) is 5.87. The fraction of sp³-hybridized carbons (Fsp3) is 0.318. The Morgan fingerprint density at radius 3 is 2.81 bits per heavy atom. The summed E-state index contributed by atoms with van der Waals surface area (Å²) >= 11 is 3.37. The van der Waals surface area contributed by atoms with E-state index in [0.717, 1.165) is 46.4 Å². The van der Waals surface area contributed by atoms with Crippen molar-refractivity contribution in [2.24, 2.45) is 0 Å². The zero-order valence-electron chi connectivity index (χ0n) is 16.0. The smallest absolute Gasteiger partial charge is 0.120 e. The van der Waals surface area contributed by atoms with E-state index in [1.54, 1.807) is 7.11 Å². The number of aryl methyl sites for hydroxylation is 1. The number of hydrogen-bond acceptors (Lipinski definition) is 3. The van der Waals surface area contributed by atoms with Gasteiger partial charge in [0.25, 0.3) is 0 Å². The summed E-state index contributed by atoms with van der Waals surface area (Å²) in [7, 11) is 1.65. The standard InChI is InChI=1S/C22H25BrN2O2/c1-4-7-17(27-14-12-23)8-6-9-21-20(16-24)19-11-10-18(26-3)15-22(19)25(21)13-5-2/h4,6-11,15H,5,12-14H2,1-3H3/b7-4-,9-6+,17-8+. The Kier molecular flexibility index (Phi) is 8.22. The quantitative estimate of drug-likeness (QED) is 0.287. The van der Waals surface area contributed by atoms with E-state index in [0.29, 0.717) is 12.2 Å². The van der Waals surface area contributed by atoms with Crippen molar-refractivity contribution in [3.8, 4) is 11.8 Å². The second kappa shape index (κ2) is 10.6. The van der Waals surface area contributed by atoms with E-state index in [4.69, 9.17) is 9.47 Å². The normalized spacial score (nSPS) is 12.2. The number of ether oxygens (including phenoxy) is 2. The molecule has 0 N–H and O–H groups in total. The minimum atomic E-state index is 0.601. The molecule has 0 aliphatic rings. The number of nitrogens with zero attached hydrogens (tertiary/aromatic N) is 2. The summed E-state index contributed by atoms with van der Waals surface area (Å²) < 4.78 is 13.2. The minimum Gasteiger partial charge on any atom is -0.497 e. The van der Waals surface area contributed by atoms with E-state index in [1.165, 1.54) is 0 Å². The van der Waals surface area contributed by atoms with Gasteiger partial charge in [0.2, 0.25) is 0 Å². The molecule has 0 fully saturated rings. The Morgan fingerprint density at radius 1 is 1.37 bits per heavy atom. The monoisotopic (exact) mass is 428 g/mol. The maximum absolute atomic E-state index is 9.75. The Hall–Kier alpha value is -2.45. The highest BCUT2D eigenvalue weighted by Crippen LogP contribution is 2.30. The van der Waals surface area contributed by atoms with Crippen LogP contribution < -0.4 is 4.74 Å². The zero-order chi connectivity index (χ0) is 19.6. The third-order valence-electron chi connectivity index (χ3n) is 4.06. The number of nitriles is 1. The molecule has 0 spiro atoms. The molecule has 1 heterocycles. The van der Waals surface area contributed by atoms with E-state index in [1.807, 2.05) is 55.5 Å². The van der Waals surface area contributed by atoms with Crippen LogP contribution in [0.4, 0.5) is 0 Å². The second-order valence-corrected chi connectivity index (χ2v) is 6.67. The van der Waals surface area contributed by atoms with Crippen molar-refractivity contribution in [3.63, 3.8) is 0 Å². The summed E-state index contributed by atoms with van der Waals surface area (Å²) in [5.41, 5.74) is 2.60. The minimum absolute atomic E-state index is 0.601. The molecule has 0 saturated heterocycles. The number of rotatable bonds is 9. The van der Waals surface area contributed by atoms with Crippen molar-refractivity contribution in [2.45, 2.75) is 26.8 Å². The first-order chi connectivity index (χ1) is 13.2. The van der Waals surface area contributed by atoms with Crippen molar-refractivity contribution in [1.82, 2.24) is 4.57 Å². The van der Waals surface area contributed by atoms with Gasteiger partial charge in [0, 0.05) is 23.3 Å². The van der Waals surface area contributed by atoms with E-state index < -0.39 is 0 Å². The van der Waals surface area contributed by atoms with Crippen molar-refractivity contribution in [1.29, 1.82) is 5.26 Å². The van der Waals surface area contributed by atoms with Crippen molar-refractivity contribution >= 4 is 32.9 Å². The van der Waals surface area contributed by atoms with Crippen LogP contribution in [0.2, 0.25) is 0 Å². The van der Waals surface area contributed by atoms with Gasteiger partial charge >= 0.3 is 0 Å². The summed E-state index contributed by atoms with van der Waals surface area (Å²) in [5.74, 6) is 1.57. The summed E-state index contributed by atoms with van der Waals surface area (Å²) in [5, 5.41) is 11.5. The summed E-state index contributed by atoms with van der Waals surface area (Å²) in [4.78, 5) is 0. The lowest BCUT2D eigenvalue weighted by Crippen LogP contribution is -1.99. The van der Waals surface area contributed by atoms with E-state index >= 15 is 0 Å². The molecule has 2 aromatic rings. The van der Waals surface area contributed by atoms with E-state index in [2.05, 4.69) is 33.5 Å². The maximum Gasteiger partial charge on any atom is 0.120 e.